The third-order valence-electron chi connectivity index (χ3n) is 4.84. The average molecular weight is 282 g/mol. The molecule has 2 heterocycles. The summed E-state index contributed by atoms with van der Waals surface area (Å²) in [6.07, 6.45) is 2.18. The molecule has 116 valence electrons. The van der Waals surface area contributed by atoms with Crippen LogP contribution in [0.1, 0.15) is 26.7 Å². The van der Waals surface area contributed by atoms with Gasteiger partial charge >= 0.3 is 0 Å². The molecule has 2 atom stereocenters. The maximum absolute atomic E-state index is 12.5. The lowest BCUT2D eigenvalue weighted by Gasteiger charge is -2.40. The van der Waals surface area contributed by atoms with E-state index in [1.54, 1.807) is 0 Å². The molecule has 2 unspecified atom stereocenters. The van der Waals surface area contributed by atoms with Crippen molar-refractivity contribution in [2.45, 2.75) is 32.7 Å². The number of piperazine rings is 1. The van der Waals surface area contributed by atoms with E-state index in [9.17, 15) is 4.79 Å². The second kappa shape index (κ2) is 7.38. The lowest BCUT2D eigenvalue weighted by atomic mass is 9.92. The van der Waals surface area contributed by atoms with Gasteiger partial charge in [0.1, 0.15) is 0 Å². The first-order chi connectivity index (χ1) is 9.63. The zero-order chi connectivity index (χ0) is 14.5. The van der Waals surface area contributed by atoms with Gasteiger partial charge < -0.3 is 15.5 Å². The number of rotatable bonds is 4. The van der Waals surface area contributed by atoms with Gasteiger partial charge in [-0.25, -0.2) is 0 Å². The Labute approximate surface area is 123 Å². The second-order valence-corrected chi connectivity index (χ2v) is 6.32. The number of amides is 1. The minimum Gasteiger partial charge on any atom is -0.337 e. The summed E-state index contributed by atoms with van der Waals surface area (Å²) in [5, 5.41) is 0. The van der Waals surface area contributed by atoms with Gasteiger partial charge in [0.05, 0.1) is 6.54 Å². The lowest BCUT2D eigenvalue weighted by molar-refractivity contribution is -0.137. The molecule has 1 amide bonds. The first-order valence-electron chi connectivity index (χ1n) is 8.08. The van der Waals surface area contributed by atoms with Crippen LogP contribution in [0.2, 0.25) is 0 Å². The van der Waals surface area contributed by atoms with Gasteiger partial charge in [-0.15, -0.1) is 0 Å². The third-order valence-corrected chi connectivity index (χ3v) is 4.84. The van der Waals surface area contributed by atoms with Crippen LogP contribution in [-0.2, 0) is 4.79 Å². The highest BCUT2D eigenvalue weighted by molar-refractivity contribution is 5.78. The van der Waals surface area contributed by atoms with Gasteiger partial charge in [0, 0.05) is 45.3 Å². The number of piperidine rings is 1. The van der Waals surface area contributed by atoms with E-state index < -0.39 is 0 Å². The van der Waals surface area contributed by atoms with Crippen molar-refractivity contribution >= 4 is 5.91 Å². The van der Waals surface area contributed by atoms with Crippen molar-refractivity contribution in [1.29, 1.82) is 0 Å². The molecule has 2 aliphatic heterocycles. The van der Waals surface area contributed by atoms with Gasteiger partial charge in [0.15, 0.2) is 0 Å². The van der Waals surface area contributed by atoms with E-state index in [0.29, 0.717) is 19.0 Å². The SMILES string of the molecule is CCN1CCN(CC(=O)N2CCC(C)CC2CN)CC1. The van der Waals surface area contributed by atoms with Crippen LogP contribution in [0.5, 0.6) is 0 Å². The highest BCUT2D eigenvalue weighted by Crippen LogP contribution is 2.22. The molecule has 5 nitrogen and oxygen atoms in total. The van der Waals surface area contributed by atoms with Crippen molar-refractivity contribution in [1.82, 2.24) is 14.7 Å². The molecular formula is C15H30N4O. The number of likely N-dealkylation sites (tertiary alicyclic amines) is 1. The third kappa shape index (κ3) is 3.93. The van der Waals surface area contributed by atoms with Crippen LogP contribution in [0.25, 0.3) is 0 Å². The van der Waals surface area contributed by atoms with Crippen LogP contribution in [0.15, 0.2) is 0 Å². The molecule has 2 rings (SSSR count). The van der Waals surface area contributed by atoms with Crippen molar-refractivity contribution in [3.8, 4) is 0 Å². The van der Waals surface area contributed by atoms with E-state index in [4.69, 9.17) is 5.73 Å². The first-order valence-corrected chi connectivity index (χ1v) is 8.08. The van der Waals surface area contributed by atoms with Gasteiger partial charge in [0.2, 0.25) is 5.91 Å². The van der Waals surface area contributed by atoms with E-state index in [0.717, 1.165) is 52.1 Å². The molecule has 2 aliphatic rings. The summed E-state index contributed by atoms with van der Waals surface area (Å²) in [4.78, 5) is 19.3. The Balaban J connectivity index is 1.82. The summed E-state index contributed by atoms with van der Waals surface area (Å²) >= 11 is 0. The predicted octanol–water partition coefficient (Wildman–Crippen LogP) is 0.210. The van der Waals surface area contributed by atoms with Crippen LogP contribution in [0.4, 0.5) is 0 Å². The minimum atomic E-state index is 0.253. The molecule has 2 N–H and O–H groups in total. The Hall–Kier alpha value is -0.650. The summed E-state index contributed by atoms with van der Waals surface area (Å²) in [6.45, 7) is 11.8. The monoisotopic (exact) mass is 282 g/mol. The predicted molar refractivity (Wildman–Crippen MR) is 81.5 cm³/mol. The molecule has 0 spiro atoms. The molecular weight excluding hydrogens is 252 g/mol. The van der Waals surface area contributed by atoms with Crippen LogP contribution in [0.3, 0.4) is 0 Å². The molecule has 0 radical (unpaired) electrons. The maximum atomic E-state index is 12.5. The number of hydrogen-bond acceptors (Lipinski definition) is 4. The number of nitrogens with two attached hydrogens (primary N) is 1. The van der Waals surface area contributed by atoms with Gasteiger partial charge in [-0.05, 0) is 25.3 Å². The van der Waals surface area contributed by atoms with E-state index in [2.05, 4.69) is 23.6 Å². The molecule has 0 aromatic heterocycles. The van der Waals surface area contributed by atoms with Crippen molar-refractivity contribution in [2.75, 3.05) is 52.4 Å². The number of carbonyl (C=O) groups excluding carboxylic acids is 1. The van der Waals surface area contributed by atoms with Gasteiger partial charge in [-0.3, -0.25) is 9.69 Å². The molecule has 0 saturated carbocycles. The lowest BCUT2D eigenvalue weighted by Crippen LogP contribution is -2.54. The van der Waals surface area contributed by atoms with Crippen molar-refractivity contribution < 1.29 is 4.79 Å². The highest BCUT2D eigenvalue weighted by atomic mass is 16.2. The molecule has 0 aromatic rings. The maximum Gasteiger partial charge on any atom is 0.237 e. The number of carbonyl (C=O) groups is 1. The fourth-order valence-corrected chi connectivity index (χ4v) is 3.35. The van der Waals surface area contributed by atoms with Crippen LogP contribution >= 0.6 is 0 Å². The Morgan fingerprint density at radius 1 is 1.15 bits per heavy atom. The Kier molecular flexibility index (Phi) is 5.81. The zero-order valence-electron chi connectivity index (χ0n) is 13.1. The fraction of sp³-hybridized carbons (Fsp3) is 0.933. The molecule has 0 aromatic carbocycles. The number of nitrogens with zero attached hydrogens (tertiary/aromatic N) is 3. The normalized spacial score (nSPS) is 29.6. The van der Waals surface area contributed by atoms with Crippen molar-refractivity contribution in [2.24, 2.45) is 11.7 Å². The minimum absolute atomic E-state index is 0.253. The van der Waals surface area contributed by atoms with Crippen LogP contribution in [0, 0.1) is 5.92 Å². The van der Waals surface area contributed by atoms with Crippen molar-refractivity contribution in [3.05, 3.63) is 0 Å². The highest BCUT2D eigenvalue weighted by Gasteiger charge is 2.30. The largest absolute Gasteiger partial charge is 0.337 e. The molecule has 2 fully saturated rings. The van der Waals surface area contributed by atoms with E-state index >= 15 is 0 Å². The molecule has 5 heteroatoms. The average Bonchev–Trinajstić information content (AvgIpc) is 2.47. The summed E-state index contributed by atoms with van der Waals surface area (Å²) in [7, 11) is 0. The van der Waals surface area contributed by atoms with E-state index in [1.807, 2.05) is 4.90 Å². The number of hydrogen-bond donors (Lipinski definition) is 1. The van der Waals surface area contributed by atoms with Gasteiger partial charge in [0.25, 0.3) is 0 Å². The van der Waals surface area contributed by atoms with E-state index in [-0.39, 0.29) is 11.9 Å². The zero-order valence-corrected chi connectivity index (χ0v) is 13.1. The van der Waals surface area contributed by atoms with Crippen LogP contribution < -0.4 is 5.73 Å². The second-order valence-electron chi connectivity index (χ2n) is 6.32. The van der Waals surface area contributed by atoms with Crippen LogP contribution in [-0.4, -0.2) is 79.0 Å². The smallest absolute Gasteiger partial charge is 0.237 e. The number of likely N-dealkylation sites (N-methyl/N-ethyl adjacent to an activating group) is 1. The molecule has 0 bridgehead atoms. The Morgan fingerprint density at radius 2 is 1.80 bits per heavy atom. The quantitative estimate of drug-likeness (QED) is 0.801. The van der Waals surface area contributed by atoms with Crippen molar-refractivity contribution in [3.63, 3.8) is 0 Å². The standard InChI is InChI=1S/C15H30N4O/c1-3-17-6-8-18(9-7-17)12-15(20)19-5-4-13(2)10-14(19)11-16/h13-14H,3-12,16H2,1-2H3. The van der Waals surface area contributed by atoms with Gasteiger partial charge in [-0.2, -0.15) is 0 Å². The van der Waals surface area contributed by atoms with Gasteiger partial charge in [-0.1, -0.05) is 13.8 Å². The summed E-state index contributed by atoms with van der Waals surface area (Å²) in [5.41, 5.74) is 5.85. The molecule has 2 saturated heterocycles. The molecule has 20 heavy (non-hydrogen) atoms. The topological polar surface area (TPSA) is 52.8 Å². The van der Waals surface area contributed by atoms with E-state index in [1.165, 1.54) is 0 Å². The fourth-order valence-electron chi connectivity index (χ4n) is 3.35. The Bertz CT molecular complexity index is 315. The summed E-state index contributed by atoms with van der Waals surface area (Å²) < 4.78 is 0. The first kappa shape index (κ1) is 15.7. The summed E-state index contributed by atoms with van der Waals surface area (Å²) in [5.74, 6) is 0.970. The Morgan fingerprint density at radius 3 is 2.40 bits per heavy atom. The summed E-state index contributed by atoms with van der Waals surface area (Å²) in [6, 6.07) is 0.253. The molecule has 0 aliphatic carbocycles.